The number of alkyl halides is 3. The summed E-state index contributed by atoms with van der Waals surface area (Å²) < 4.78 is 37.2. The average molecular weight is 245 g/mol. The van der Waals surface area contributed by atoms with Gasteiger partial charge >= 0.3 is 6.18 Å². The molecule has 0 aliphatic rings. The first-order valence-electron chi connectivity index (χ1n) is 5.13. The summed E-state index contributed by atoms with van der Waals surface area (Å²) in [4.78, 5) is 11.2. The zero-order valence-electron chi connectivity index (χ0n) is 9.42. The molecule has 1 aromatic carbocycles. The maximum atomic E-state index is 12.4. The molecular weight excluding hydrogens is 231 g/mol. The molecule has 1 rings (SSSR count). The van der Waals surface area contributed by atoms with E-state index < -0.39 is 23.9 Å². The van der Waals surface area contributed by atoms with Gasteiger partial charge in [-0.05, 0) is 12.0 Å². The quantitative estimate of drug-likeness (QED) is 0.870. The number of hydrogen-bond acceptors (Lipinski definition) is 1. The van der Waals surface area contributed by atoms with Gasteiger partial charge in [0, 0.05) is 0 Å². The summed E-state index contributed by atoms with van der Waals surface area (Å²) in [6.07, 6.45) is -5.62. The van der Waals surface area contributed by atoms with Crippen molar-refractivity contribution in [3.63, 3.8) is 0 Å². The molecule has 0 aliphatic carbocycles. The highest BCUT2D eigenvalue weighted by Crippen LogP contribution is 2.35. The van der Waals surface area contributed by atoms with E-state index in [1.54, 1.807) is 30.3 Å². The summed E-state index contributed by atoms with van der Waals surface area (Å²) in [5.41, 5.74) is 4.15. The largest absolute Gasteiger partial charge is 0.390 e. The highest BCUT2D eigenvalue weighted by molar-refractivity contribution is 5.80. The molecule has 2 N–H and O–H groups in total. The molecule has 0 heterocycles. The molecule has 0 saturated heterocycles. The Morgan fingerprint density at radius 2 is 1.76 bits per heavy atom. The standard InChI is InChI=1S/C12H14F3NO/c1-11(10(16)17,8-12(13,14)15)7-9-5-3-2-4-6-9/h2-6H,7-8H2,1H3,(H2,16,17). The fourth-order valence-corrected chi connectivity index (χ4v) is 1.73. The Kier molecular flexibility index (Phi) is 3.80. The van der Waals surface area contributed by atoms with Crippen molar-refractivity contribution in [2.75, 3.05) is 0 Å². The minimum Gasteiger partial charge on any atom is -0.369 e. The van der Waals surface area contributed by atoms with Gasteiger partial charge in [0.05, 0.1) is 11.8 Å². The van der Waals surface area contributed by atoms with E-state index >= 15 is 0 Å². The molecule has 0 spiro atoms. The molecule has 2 nitrogen and oxygen atoms in total. The molecule has 0 aliphatic heterocycles. The molecule has 1 aromatic rings. The lowest BCUT2D eigenvalue weighted by molar-refractivity contribution is -0.165. The minimum absolute atomic E-state index is 0.0112. The molecule has 1 amide bonds. The van der Waals surface area contributed by atoms with Crippen LogP contribution in [0.25, 0.3) is 0 Å². The van der Waals surface area contributed by atoms with Gasteiger partial charge in [0.25, 0.3) is 0 Å². The van der Waals surface area contributed by atoms with Gasteiger partial charge in [-0.1, -0.05) is 37.3 Å². The zero-order chi connectivity index (χ0) is 13.1. The monoisotopic (exact) mass is 245 g/mol. The van der Waals surface area contributed by atoms with Crippen molar-refractivity contribution in [1.29, 1.82) is 0 Å². The van der Waals surface area contributed by atoms with Crippen LogP contribution in [0.4, 0.5) is 13.2 Å². The van der Waals surface area contributed by atoms with Gasteiger partial charge in [-0.25, -0.2) is 0 Å². The molecule has 0 bridgehead atoms. The number of carbonyl (C=O) groups is 1. The highest BCUT2D eigenvalue weighted by Gasteiger charge is 2.43. The summed E-state index contributed by atoms with van der Waals surface area (Å²) in [6, 6.07) is 8.54. The van der Waals surface area contributed by atoms with Crippen LogP contribution >= 0.6 is 0 Å². The molecule has 0 radical (unpaired) electrons. The number of amides is 1. The van der Waals surface area contributed by atoms with E-state index in [9.17, 15) is 18.0 Å². The number of carbonyl (C=O) groups excluding carboxylic acids is 1. The van der Waals surface area contributed by atoms with Gasteiger partial charge < -0.3 is 5.73 Å². The van der Waals surface area contributed by atoms with Crippen LogP contribution in [0, 0.1) is 5.41 Å². The number of hydrogen-bond donors (Lipinski definition) is 1. The van der Waals surface area contributed by atoms with Crippen LogP contribution in [0.15, 0.2) is 30.3 Å². The van der Waals surface area contributed by atoms with Crippen LogP contribution in [0.3, 0.4) is 0 Å². The molecule has 0 aromatic heterocycles. The Hall–Kier alpha value is -1.52. The van der Waals surface area contributed by atoms with E-state index in [0.717, 1.165) is 0 Å². The topological polar surface area (TPSA) is 43.1 Å². The van der Waals surface area contributed by atoms with Crippen molar-refractivity contribution < 1.29 is 18.0 Å². The normalized spacial score (nSPS) is 15.3. The Labute approximate surface area is 97.6 Å². The SMILES string of the molecule is CC(Cc1ccccc1)(CC(F)(F)F)C(N)=O. The molecule has 5 heteroatoms. The van der Waals surface area contributed by atoms with Gasteiger partial charge in [0.1, 0.15) is 0 Å². The molecule has 1 atom stereocenters. The van der Waals surface area contributed by atoms with Gasteiger partial charge in [-0.3, -0.25) is 4.79 Å². The first-order valence-corrected chi connectivity index (χ1v) is 5.13. The van der Waals surface area contributed by atoms with Crippen LogP contribution in [-0.2, 0) is 11.2 Å². The summed E-state index contributed by atoms with van der Waals surface area (Å²) in [7, 11) is 0. The summed E-state index contributed by atoms with van der Waals surface area (Å²) in [5.74, 6) is -0.932. The van der Waals surface area contributed by atoms with Crippen LogP contribution in [0.2, 0.25) is 0 Å². The molecule has 94 valence electrons. The molecule has 1 unspecified atom stereocenters. The van der Waals surface area contributed by atoms with Crippen LogP contribution in [0.5, 0.6) is 0 Å². The number of nitrogens with two attached hydrogens (primary N) is 1. The third-order valence-corrected chi connectivity index (χ3v) is 2.62. The lowest BCUT2D eigenvalue weighted by Gasteiger charge is -2.27. The predicted molar refractivity (Wildman–Crippen MR) is 58.1 cm³/mol. The Balaban J connectivity index is 2.90. The number of primary amides is 1. The molecule has 0 saturated carbocycles. The maximum absolute atomic E-state index is 12.4. The lowest BCUT2D eigenvalue weighted by atomic mass is 9.79. The maximum Gasteiger partial charge on any atom is 0.390 e. The van der Waals surface area contributed by atoms with Crippen molar-refractivity contribution in [3.8, 4) is 0 Å². The predicted octanol–water partition coefficient (Wildman–Crippen LogP) is 2.67. The number of benzene rings is 1. The summed E-state index contributed by atoms with van der Waals surface area (Å²) >= 11 is 0. The first-order chi connectivity index (χ1) is 7.73. The van der Waals surface area contributed by atoms with Crippen LogP contribution in [0.1, 0.15) is 18.9 Å². The summed E-state index contributed by atoms with van der Waals surface area (Å²) in [5, 5.41) is 0. The average Bonchev–Trinajstić information content (AvgIpc) is 2.15. The second-order valence-corrected chi connectivity index (χ2v) is 4.38. The van der Waals surface area contributed by atoms with Crippen molar-refractivity contribution in [1.82, 2.24) is 0 Å². The van der Waals surface area contributed by atoms with Crippen molar-refractivity contribution in [2.24, 2.45) is 11.1 Å². The first kappa shape index (κ1) is 13.5. The fraction of sp³-hybridized carbons (Fsp3) is 0.417. The Bertz CT molecular complexity index is 388. The van der Waals surface area contributed by atoms with Crippen LogP contribution in [-0.4, -0.2) is 12.1 Å². The van der Waals surface area contributed by atoms with E-state index in [1.807, 2.05) is 0 Å². The van der Waals surface area contributed by atoms with E-state index in [4.69, 9.17) is 5.73 Å². The molecule has 0 fully saturated rings. The number of rotatable bonds is 4. The lowest BCUT2D eigenvalue weighted by Crippen LogP contribution is -2.40. The van der Waals surface area contributed by atoms with Crippen molar-refractivity contribution >= 4 is 5.91 Å². The third-order valence-electron chi connectivity index (χ3n) is 2.62. The van der Waals surface area contributed by atoms with Crippen molar-refractivity contribution in [2.45, 2.75) is 25.9 Å². The minimum atomic E-state index is -4.40. The van der Waals surface area contributed by atoms with E-state index in [0.29, 0.717) is 5.56 Å². The Morgan fingerprint density at radius 3 is 2.18 bits per heavy atom. The second kappa shape index (κ2) is 4.77. The molecular formula is C12H14F3NO. The van der Waals surface area contributed by atoms with E-state index in [-0.39, 0.29) is 6.42 Å². The smallest absolute Gasteiger partial charge is 0.369 e. The van der Waals surface area contributed by atoms with Gasteiger partial charge in [-0.2, -0.15) is 13.2 Å². The van der Waals surface area contributed by atoms with Gasteiger partial charge in [-0.15, -0.1) is 0 Å². The number of halogens is 3. The zero-order valence-corrected chi connectivity index (χ0v) is 9.42. The highest BCUT2D eigenvalue weighted by atomic mass is 19.4. The Morgan fingerprint density at radius 1 is 1.24 bits per heavy atom. The van der Waals surface area contributed by atoms with E-state index in [2.05, 4.69) is 0 Å². The van der Waals surface area contributed by atoms with Gasteiger partial charge in [0.15, 0.2) is 0 Å². The fourth-order valence-electron chi connectivity index (χ4n) is 1.73. The van der Waals surface area contributed by atoms with Gasteiger partial charge in [0.2, 0.25) is 5.91 Å². The second-order valence-electron chi connectivity index (χ2n) is 4.38. The van der Waals surface area contributed by atoms with Crippen molar-refractivity contribution in [3.05, 3.63) is 35.9 Å². The molecule has 17 heavy (non-hydrogen) atoms. The van der Waals surface area contributed by atoms with E-state index in [1.165, 1.54) is 6.92 Å². The summed E-state index contributed by atoms with van der Waals surface area (Å²) in [6.45, 7) is 1.25. The third kappa shape index (κ3) is 4.09. The van der Waals surface area contributed by atoms with Crippen LogP contribution < -0.4 is 5.73 Å².